The van der Waals surface area contributed by atoms with Crippen molar-refractivity contribution in [1.29, 1.82) is 0 Å². The Balaban J connectivity index is 2.05. The molecule has 0 atom stereocenters. The van der Waals surface area contributed by atoms with Gasteiger partial charge in [-0.1, -0.05) is 0 Å². The summed E-state index contributed by atoms with van der Waals surface area (Å²) in [5.74, 6) is 0.609. The van der Waals surface area contributed by atoms with E-state index in [0.717, 1.165) is 30.9 Å². The number of nitrogens with zero attached hydrogens (tertiary/aromatic N) is 3. The smallest absolute Gasteiger partial charge is 0.270 e. The van der Waals surface area contributed by atoms with E-state index in [9.17, 15) is 4.79 Å². The molecule has 1 N–H and O–H groups in total. The van der Waals surface area contributed by atoms with Gasteiger partial charge in [-0.2, -0.15) is 0 Å². The third-order valence-electron chi connectivity index (χ3n) is 3.14. The van der Waals surface area contributed by atoms with Crippen LogP contribution < -0.4 is 10.2 Å². The second-order valence-corrected chi connectivity index (χ2v) is 4.59. The van der Waals surface area contributed by atoms with E-state index in [2.05, 4.69) is 20.2 Å². The summed E-state index contributed by atoms with van der Waals surface area (Å²) < 4.78 is 5.32. The molecule has 2 aliphatic heterocycles. The number of anilines is 1. The van der Waals surface area contributed by atoms with E-state index < -0.39 is 0 Å². The Hall–Kier alpha value is -1.40. The summed E-state index contributed by atoms with van der Waals surface area (Å²) in [4.78, 5) is 22.2. The van der Waals surface area contributed by atoms with E-state index in [1.54, 1.807) is 0 Å². The molecule has 0 spiro atoms. The molecular weight excluding hydrogens is 256 g/mol. The molecule has 3 rings (SSSR count). The van der Waals surface area contributed by atoms with Crippen molar-refractivity contribution in [2.75, 3.05) is 37.7 Å². The van der Waals surface area contributed by atoms with Gasteiger partial charge in [0.05, 0.1) is 13.2 Å². The number of carbonyl (C=O) groups is 1. The lowest BCUT2D eigenvalue weighted by Gasteiger charge is -2.30. The van der Waals surface area contributed by atoms with Crippen LogP contribution in [0.25, 0.3) is 0 Å². The lowest BCUT2D eigenvalue weighted by Crippen LogP contribution is -2.40. The summed E-state index contributed by atoms with van der Waals surface area (Å²) in [6, 6.07) is 0. The third kappa shape index (κ3) is 2.02. The van der Waals surface area contributed by atoms with Gasteiger partial charge < -0.3 is 15.0 Å². The topological polar surface area (TPSA) is 67.4 Å². The fourth-order valence-corrected chi connectivity index (χ4v) is 2.45. The largest absolute Gasteiger partial charge is 0.378 e. The van der Waals surface area contributed by atoms with E-state index in [0.29, 0.717) is 25.5 Å². The maximum atomic E-state index is 11.8. The van der Waals surface area contributed by atoms with Crippen LogP contribution in [0.1, 0.15) is 16.1 Å². The number of amides is 1. The molecule has 3 heterocycles. The van der Waals surface area contributed by atoms with Crippen LogP contribution in [0.4, 0.5) is 5.82 Å². The van der Waals surface area contributed by atoms with E-state index in [1.165, 1.54) is 0 Å². The van der Waals surface area contributed by atoms with Gasteiger partial charge in [0, 0.05) is 25.2 Å². The second kappa shape index (κ2) is 4.70. The van der Waals surface area contributed by atoms with Gasteiger partial charge in [0.25, 0.3) is 5.91 Å². The first-order valence-electron chi connectivity index (χ1n) is 5.93. The van der Waals surface area contributed by atoms with Gasteiger partial charge in [-0.25, -0.2) is 9.97 Å². The van der Waals surface area contributed by atoms with Crippen molar-refractivity contribution in [1.82, 2.24) is 15.3 Å². The maximum absolute atomic E-state index is 11.8. The van der Waals surface area contributed by atoms with Gasteiger partial charge in [-0.05, 0) is 18.0 Å². The molecule has 1 fully saturated rings. The summed E-state index contributed by atoms with van der Waals surface area (Å²) in [5, 5.41) is 2.88. The second-order valence-electron chi connectivity index (χ2n) is 4.25. The Labute approximate surface area is 109 Å². The number of aromatic nitrogens is 2. The molecule has 1 saturated heterocycles. The number of morpholine rings is 1. The van der Waals surface area contributed by atoms with Crippen LogP contribution in [0.3, 0.4) is 0 Å². The number of hydrogen-bond acceptors (Lipinski definition) is 5. The molecule has 1 amide bonds. The van der Waals surface area contributed by atoms with Crippen LogP contribution in [0.2, 0.25) is 5.28 Å². The van der Waals surface area contributed by atoms with E-state index in [1.807, 2.05) is 0 Å². The minimum absolute atomic E-state index is 0.118. The van der Waals surface area contributed by atoms with Gasteiger partial charge in [-0.15, -0.1) is 0 Å². The van der Waals surface area contributed by atoms with Gasteiger partial charge in [0.1, 0.15) is 11.5 Å². The van der Waals surface area contributed by atoms with Crippen LogP contribution in [-0.4, -0.2) is 48.7 Å². The average Bonchev–Trinajstić information content (AvgIpc) is 2.40. The van der Waals surface area contributed by atoms with Crippen molar-refractivity contribution in [2.45, 2.75) is 6.42 Å². The van der Waals surface area contributed by atoms with Crippen LogP contribution in [0, 0.1) is 0 Å². The normalized spacial score (nSPS) is 19.4. The Morgan fingerprint density at radius 1 is 1.28 bits per heavy atom. The SMILES string of the molecule is O=C1NCCc2c1nc(Cl)nc2N1CCOCC1. The quantitative estimate of drug-likeness (QED) is 0.740. The van der Waals surface area contributed by atoms with Crippen molar-refractivity contribution in [3.05, 3.63) is 16.5 Å². The first kappa shape index (κ1) is 11.7. The lowest BCUT2D eigenvalue weighted by atomic mass is 10.1. The van der Waals surface area contributed by atoms with Crippen LogP contribution >= 0.6 is 11.6 Å². The molecular formula is C11H13ClN4O2. The first-order chi connectivity index (χ1) is 8.75. The predicted octanol–water partition coefficient (Wildman–Crippen LogP) is 0.252. The molecule has 0 saturated carbocycles. The fraction of sp³-hybridized carbons (Fsp3) is 0.545. The molecule has 2 aliphatic rings. The standard InChI is InChI=1S/C11H13ClN4O2/c12-11-14-8-7(1-2-13-10(8)17)9(15-11)16-3-5-18-6-4-16/h1-6H2,(H,13,17). The molecule has 1 aromatic heterocycles. The molecule has 18 heavy (non-hydrogen) atoms. The minimum Gasteiger partial charge on any atom is -0.378 e. The predicted molar refractivity (Wildman–Crippen MR) is 66.1 cm³/mol. The fourth-order valence-electron chi connectivity index (χ4n) is 2.29. The number of hydrogen-bond donors (Lipinski definition) is 1. The highest BCUT2D eigenvalue weighted by atomic mass is 35.5. The Morgan fingerprint density at radius 2 is 2.06 bits per heavy atom. The van der Waals surface area contributed by atoms with Gasteiger partial charge in [-0.3, -0.25) is 4.79 Å². The van der Waals surface area contributed by atoms with Gasteiger partial charge >= 0.3 is 0 Å². The number of carbonyl (C=O) groups excluding carboxylic acids is 1. The van der Waals surface area contributed by atoms with E-state index in [-0.39, 0.29) is 11.2 Å². The summed E-state index contributed by atoms with van der Waals surface area (Å²) in [7, 11) is 0. The van der Waals surface area contributed by atoms with Gasteiger partial charge in [0.2, 0.25) is 5.28 Å². The number of nitrogens with one attached hydrogen (secondary N) is 1. The number of fused-ring (bicyclic) bond motifs is 1. The molecule has 0 bridgehead atoms. The van der Waals surface area contributed by atoms with Crippen molar-refractivity contribution >= 4 is 23.3 Å². The summed E-state index contributed by atoms with van der Waals surface area (Å²) >= 11 is 5.91. The van der Waals surface area contributed by atoms with Crippen molar-refractivity contribution in [3.8, 4) is 0 Å². The van der Waals surface area contributed by atoms with Crippen molar-refractivity contribution in [3.63, 3.8) is 0 Å². The molecule has 0 radical (unpaired) electrons. The average molecular weight is 269 g/mol. The van der Waals surface area contributed by atoms with Crippen LogP contribution in [-0.2, 0) is 11.2 Å². The lowest BCUT2D eigenvalue weighted by molar-refractivity contribution is 0.0940. The molecule has 0 aromatic carbocycles. The molecule has 96 valence electrons. The highest BCUT2D eigenvalue weighted by molar-refractivity contribution is 6.28. The molecule has 7 heteroatoms. The number of ether oxygens (including phenoxy) is 1. The van der Waals surface area contributed by atoms with E-state index >= 15 is 0 Å². The summed E-state index contributed by atoms with van der Waals surface area (Å²) in [6.07, 6.45) is 0.741. The Bertz CT molecular complexity index is 488. The van der Waals surface area contributed by atoms with Gasteiger partial charge in [0.15, 0.2) is 0 Å². The molecule has 6 nitrogen and oxygen atoms in total. The van der Waals surface area contributed by atoms with Crippen molar-refractivity contribution in [2.24, 2.45) is 0 Å². The minimum atomic E-state index is -0.171. The van der Waals surface area contributed by atoms with Crippen LogP contribution in [0.15, 0.2) is 0 Å². The monoisotopic (exact) mass is 268 g/mol. The summed E-state index contributed by atoms with van der Waals surface area (Å²) in [5.41, 5.74) is 1.30. The zero-order chi connectivity index (χ0) is 12.5. The zero-order valence-corrected chi connectivity index (χ0v) is 10.5. The maximum Gasteiger partial charge on any atom is 0.270 e. The summed E-state index contributed by atoms with van der Waals surface area (Å²) in [6.45, 7) is 3.49. The molecule has 0 unspecified atom stereocenters. The molecule has 1 aromatic rings. The highest BCUT2D eigenvalue weighted by Gasteiger charge is 2.26. The first-order valence-corrected chi connectivity index (χ1v) is 6.31. The third-order valence-corrected chi connectivity index (χ3v) is 3.31. The number of rotatable bonds is 1. The Kier molecular flexibility index (Phi) is 3.05. The van der Waals surface area contributed by atoms with Crippen molar-refractivity contribution < 1.29 is 9.53 Å². The van der Waals surface area contributed by atoms with Crippen LogP contribution in [0.5, 0.6) is 0 Å². The highest BCUT2D eigenvalue weighted by Crippen LogP contribution is 2.25. The Morgan fingerprint density at radius 3 is 2.83 bits per heavy atom. The zero-order valence-electron chi connectivity index (χ0n) is 9.78. The van der Waals surface area contributed by atoms with E-state index in [4.69, 9.17) is 16.3 Å². The molecule has 0 aliphatic carbocycles. The number of halogens is 1.